The molecule has 0 fully saturated rings. The van der Waals surface area contributed by atoms with Crippen LogP contribution in [0, 0.1) is 0 Å². The van der Waals surface area contributed by atoms with E-state index in [1.54, 1.807) is 0 Å². The quantitative estimate of drug-likeness (QED) is 0.519. The van der Waals surface area contributed by atoms with E-state index in [9.17, 15) is 0 Å². The molecule has 3 aromatic carbocycles. The Labute approximate surface area is 134 Å². The van der Waals surface area contributed by atoms with E-state index in [1.807, 2.05) is 6.08 Å². The Morgan fingerprint density at radius 3 is 1.43 bits per heavy atom. The number of hydrogen-bond acceptors (Lipinski definition) is 0. The molecule has 0 saturated heterocycles. The minimum atomic E-state index is -2.14. The molecular formula is C20H17Bi. The van der Waals surface area contributed by atoms with Crippen molar-refractivity contribution in [2.24, 2.45) is 0 Å². The average Bonchev–Trinajstić information content (AvgIpc) is 2.58. The van der Waals surface area contributed by atoms with Gasteiger partial charge >= 0.3 is 135 Å². The van der Waals surface area contributed by atoms with Gasteiger partial charge in [-0.1, -0.05) is 0 Å². The van der Waals surface area contributed by atoms with Crippen molar-refractivity contribution in [3.05, 3.63) is 97.1 Å². The molecule has 1 heteroatoms. The Morgan fingerprint density at radius 1 is 0.571 bits per heavy atom. The van der Waals surface area contributed by atoms with Crippen LogP contribution in [0.4, 0.5) is 0 Å². The molecule has 0 heterocycles. The molecule has 0 unspecified atom stereocenters. The summed E-state index contributed by atoms with van der Waals surface area (Å²) in [6.07, 6.45) is 1.90. The summed E-state index contributed by atoms with van der Waals surface area (Å²) in [5.74, 6) is 0. The summed E-state index contributed by atoms with van der Waals surface area (Å²) in [5.41, 5.74) is 1.18. The van der Waals surface area contributed by atoms with Gasteiger partial charge in [0.15, 0.2) is 0 Å². The summed E-state index contributed by atoms with van der Waals surface area (Å²) < 4.78 is 4.54. The van der Waals surface area contributed by atoms with Crippen LogP contribution in [-0.2, 0) is 0 Å². The van der Waals surface area contributed by atoms with Crippen LogP contribution in [0.3, 0.4) is 0 Å². The first-order chi connectivity index (χ1) is 10.4. The third-order valence-electron chi connectivity index (χ3n) is 3.42. The van der Waals surface area contributed by atoms with Crippen LogP contribution < -0.4 is 9.81 Å². The van der Waals surface area contributed by atoms with E-state index in [0.29, 0.717) is 0 Å². The molecular weight excluding hydrogens is 449 g/mol. The number of rotatable bonds is 4. The van der Waals surface area contributed by atoms with E-state index < -0.39 is 21.8 Å². The van der Waals surface area contributed by atoms with Crippen molar-refractivity contribution in [3.8, 4) is 0 Å². The molecule has 0 saturated carbocycles. The van der Waals surface area contributed by atoms with Crippen LogP contribution in [0.25, 0.3) is 6.08 Å². The zero-order chi connectivity index (χ0) is 14.5. The Bertz CT molecular complexity index is 660. The van der Waals surface area contributed by atoms with Crippen LogP contribution in [-0.4, -0.2) is 21.8 Å². The second-order valence-corrected chi connectivity index (χ2v) is 13.4. The summed E-state index contributed by atoms with van der Waals surface area (Å²) in [4.78, 5) is 0. The van der Waals surface area contributed by atoms with Crippen molar-refractivity contribution in [2.45, 2.75) is 0 Å². The summed E-state index contributed by atoms with van der Waals surface area (Å²) in [5, 5.41) is 0. The second-order valence-electron chi connectivity index (χ2n) is 4.80. The molecule has 0 amide bonds. The molecule has 0 nitrogen and oxygen atoms in total. The van der Waals surface area contributed by atoms with Crippen LogP contribution in [0.2, 0.25) is 0 Å². The van der Waals surface area contributed by atoms with Crippen LogP contribution in [0.15, 0.2) is 91.5 Å². The zero-order valence-corrected chi connectivity index (χ0v) is 15.3. The Morgan fingerprint density at radius 2 is 1.00 bits per heavy atom. The first kappa shape index (κ1) is 14.2. The fraction of sp³-hybridized carbons (Fsp3) is 0. The molecule has 0 aliphatic carbocycles. The standard InChI is InChI=1S/C8H7.2C6H5.Bi/c1-2-8-6-4-3-5-7-8;2*1-2-4-6-5-3-1;/h2,4-7H,1H2;2*1-5H;. The van der Waals surface area contributed by atoms with Crippen LogP contribution in [0.5, 0.6) is 0 Å². The number of hydrogen-bond donors (Lipinski definition) is 0. The third kappa shape index (κ3) is 3.31. The number of benzene rings is 3. The molecule has 0 spiro atoms. The van der Waals surface area contributed by atoms with E-state index in [-0.39, 0.29) is 0 Å². The molecule has 102 valence electrons. The molecule has 0 N–H and O–H groups in total. The van der Waals surface area contributed by atoms with E-state index in [2.05, 4.69) is 91.5 Å². The van der Waals surface area contributed by atoms with Gasteiger partial charge < -0.3 is 0 Å². The van der Waals surface area contributed by atoms with Crippen molar-refractivity contribution in [1.29, 1.82) is 0 Å². The van der Waals surface area contributed by atoms with Gasteiger partial charge in [0.2, 0.25) is 0 Å². The van der Waals surface area contributed by atoms with Crippen LogP contribution >= 0.6 is 0 Å². The van der Waals surface area contributed by atoms with Gasteiger partial charge in [0, 0.05) is 0 Å². The van der Waals surface area contributed by atoms with Crippen molar-refractivity contribution >= 4 is 37.6 Å². The Hall–Kier alpha value is -1.72. The average molecular weight is 466 g/mol. The van der Waals surface area contributed by atoms with Gasteiger partial charge in [-0.3, -0.25) is 0 Å². The first-order valence-corrected chi connectivity index (χ1v) is 12.2. The van der Waals surface area contributed by atoms with Gasteiger partial charge in [0.05, 0.1) is 0 Å². The van der Waals surface area contributed by atoms with E-state index in [0.717, 1.165) is 0 Å². The van der Waals surface area contributed by atoms with Gasteiger partial charge in [-0.05, 0) is 0 Å². The molecule has 0 aliphatic heterocycles. The molecule has 0 aliphatic rings. The first-order valence-electron chi connectivity index (χ1n) is 7.01. The molecule has 0 radical (unpaired) electrons. The second kappa shape index (κ2) is 6.83. The van der Waals surface area contributed by atoms with Crippen molar-refractivity contribution in [3.63, 3.8) is 0 Å². The predicted octanol–water partition coefficient (Wildman–Crippen LogP) is 2.85. The maximum absolute atomic E-state index is 3.84. The van der Waals surface area contributed by atoms with Gasteiger partial charge in [-0.15, -0.1) is 0 Å². The monoisotopic (exact) mass is 466 g/mol. The summed E-state index contributed by atoms with van der Waals surface area (Å²) in [7, 11) is 0. The molecule has 0 bridgehead atoms. The van der Waals surface area contributed by atoms with Gasteiger partial charge in [0.25, 0.3) is 0 Å². The molecule has 3 rings (SSSR count). The van der Waals surface area contributed by atoms with Crippen molar-refractivity contribution in [1.82, 2.24) is 0 Å². The Balaban J connectivity index is 2.09. The fourth-order valence-electron chi connectivity index (χ4n) is 2.36. The Kier molecular flexibility index (Phi) is 4.63. The van der Waals surface area contributed by atoms with E-state index in [4.69, 9.17) is 0 Å². The summed E-state index contributed by atoms with van der Waals surface area (Å²) >= 11 is -2.14. The van der Waals surface area contributed by atoms with Crippen molar-refractivity contribution < 1.29 is 0 Å². The maximum atomic E-state index is 3.84. The van der Waals surface area contributed by atoms with E-state index >= 15 is 0 Å². The topological polar surface area (TPSA) is 0 Å². The van der Waals surface area contributed by atoms with Gasteiger partial charge in [-0.25, -0.2) is 0 Å². The molecule has 21 heavy (non-hydrogen) atoms. The van der Waals surface area contributed by atoms with Crippen LogP contribution in [0.1, 0.15) is 5.56 Å². The zero-order valence-electron chi connectivity index (χ0n) is 11.8. The summed E-state index contributed by atoms with van der Waals surface area (Å²) in [6, 6.07) is 30.9. The van der Waals surface area contributed by atoms with Crippen molar-refractivity contribution in [2.75, 3.05) is 0 Å². The SMILES string of the molecule is C=Cc1cc[c]([Bi]([c]2ccccc2)[c]2ccccc2)cc1. The van der Waals surface area contributed by atoms with Gasteiger partial charge in [-0.2, -0.15) is 0 Å². The fourth-order valence-corrected chi connectivity index (χ4v) is 11.2. The summed E-state index contributed by atoms with van der Waals surface area (Å²) in [6.45, 7) is 3.84. The van der Waals surface area contributed by atoms with Gasteiger partial charge in [0.1, 0.15) is 0 Å². The molecule has 3 aromatic rings. The molecule has 0 aromatic heterocycles. The van der Waals surface area contributed by atoms with E-state index in [1.165, 1.54) is 15.4 Å². The minimum absolute atomic E-state index is 1.18. The molecule has 0 atom stereocenters. The predicted molar refractivity (Wildman–Crippen MR) is 94.1 cm³/mol. The third-order valence-corrected chi connectivity index (χ3v) is 12.9. The normalized spacial score (nSPS) is 10.5.